The third-order valence-corrected chi connectivity index (χ3v) is 2.42. The summed E-state index contributed by atoms with van der Waals surface area (Å²) in [6.45, 7) is 5.34. The first-order valence-corrected chi connectivity index (χ1v) is 6.16. The van der Waals surface area contributed by atoms with Crippen molar-refractivity contribution in [3.8, 4) is 5.75 Å². The van der Waals surface area contributed by atoms with Gasteiger partial charge < -0.3 is 15.8 Å². The van der Waals surface area contributed by atoms with Crippen molar-refractivity contribution in [1.82, 2.24) is 10.3 Å². The number of amides is 1. The molecule has 0 spiro atoms. The molecule has 3 N–H and O–H groups in total. The van der Waals surface area contributed by atoms with Gasteiger partial charge in [0.15, 0.2) is 6.61 Å². The highest BCUT2D eigenvalue weighted by molar-refractivity contribution is 5.77. The number of nitrogens with two attached hydrogens (primary N) is 1. The first-order chi connectivity index (χ1) is 8.61. The van der Waals surface area contributed by atoms with Crippen molar-refractivity contribution in [2.75, 3.05) is 13.2 Å². The van der Waals surface area contributed by atoms with Crippen LogP contribution in [0.15, 0.2) is 18.3 Å². The van der Waals surface area contributed by atoms with E-state index in [9.17, 15) is 4.79 Å². The Morgan fingerprint density at radius 1 is 1.50 bits per heavy atom. The van der Waals surface area contributed by atoms with Crippen LogP contribution in [0.4, 0.5) is 0 Å². The first-order valence-electron chi connectivity index (χ1n) is 6.16. The molecule has 1 aromatic heterocycles. The summed E-state index contributed by atoms with van der Waals surface area (Å²) < 4.78 is 5.31. The molecular weight excluding hydrogens is 230 g/mol. The highest BCUT2D eigenvalue weighted by atomic mass is 16.5. The van der Waals surface area contributed by atoms with Crippen molar-refractivity contribution in [1.29, 1.82) is 0 Å². The van der Waals surface area contributed by atoms with Crippen LogP contribution in [0, 0.1) is 5.92 Å². The molecule has 0 saturated carbocycles. The van der Waals surface area contributed by atoms with Gasteiger partial charge in [-0.3, -0.25) is 9.78 Å². The molecule has 0 bridgehead atoms. The second-order valence-electron chi connectivity index (χ2n) is 4.51. The summed E-state index contributed by atoms with van der Waals surface area (Å²) in [5.74, 6) is 1.05. The predicted molar refractivity (Wildman–Crippen MR) is 70.1 cm³/mol. The minimum Gasteiger partial charge on any atom is -0.482 e. The molecule has 0 unspecified atom stereocenters. The first kappa shape index (κ1) is 14.4. The lowest BCUT2D eigenvalue weighted by molar-refractivity contribution is -0.123. The maximum absolute atomic E-state index is 11.4. The average Bonchev–Trinajstić information content (AvgIpc) is 2.36. The Morgan fingerprint density at radius 2 is 2.28 bits per heavy atom. The van der Waals surface area contributed by atoms with Crippen LogP contribution in [-0.2, 0) is 11.3 Å². The monoisotopic (exact) mass is 251 g/mol. The summed E-state index contributed by atoms with van der Waals surface area (Å²) in [6, 6.07) is 3.54. The molecule has 18 heavy (non-hydrogen) atoms. The van der Waals surface area contributed by atoms with Crippen LogP contribution in [0.25, 0.3) is 0 Å². The molecule has 1 amide bonds. The maximum Gasteiger partial charge on any atom is 0.257 e. The molecule has 100 valence electrons. The van der Waals surface area contributed by atoms with Gasteiger partial charge in [0.2, 0.25) is 0 Å². The number of nitrogens with zero attached hydrogens (tertiary/aromatic N) is 1. The van der Waals surface area contributed by atoms with Gasteiger partial charge in [-0.05, 0) is 24.5 Å². The summed E-state index contributed by atoms with van der Waals surface area (Å²) in [6.07, 6.45) is 2.54. The van der Waals surface area contributed by atoms with Gasteiger partial charge >= 0.3 is 0 Å². The standard InChI is InChI=1S/C13H21N3O2/c1-10(2)5-6-15-13(17)9-18-12-4-3-11(7-14)16-8-12/h3-4,8,10H,5-7,9,14H2,1-2H3,(H,15,17). The van der Waals surface area contributed by atoms with Gasteiger partial charge in [0.25, 0.3) is 5.91 Å². The second-order valence-corrected chi connectivity index (χ2v) is 4.51. The van der Waals surface area contributed by atoms with E-state index in [1.807, 2.05) is 0 Å². The molecule has 0 aromatic carbocycles. The number of hydrogen-bond acceptors (Lipinski definition) is 4. The van der Waals surface area contributed by atoms with Crippen molar-refractivity contribution in [2.24, 2.45) is 11.7 Å². The molecular formula is C13H21N3O2. The number of pyridine rings is 1. The zero-order chi connectivity index (χ0) is 13.4. The predicted octanol–water partition coefficient (Wildman–Crippen LogP) is 1.08. The van der Waals surface area contributed by atoms with Crippen LogP contribution in [0.3, 0.4) is 0 Å². The quantitative estimate of drug-likeness (QED) is 0.760. The van der Waals surface area contributed by atoms with E-state index in [0.29, 0.717) is 24.8 Å². The molecule has 0 atom stereocenters. The molecule has 0 aliphatic rings. The molecule has 0 radical (unpaired) electrons. The van der Waals surface area contributed by atoms with E-state index in [1.54, 1.807) is 18.3 Å². The third-order valence-electron chi connectivity index (χ3n) is 2.42. The van der Waals surface area contributed by atoms with E-state index >= 15 is 0 Å². The van der Waals surface area contributed by atoms with Crippen molar-refractivity contribution >= 4 is 5.91 Å². The van der Waals surface area contributed by atoms with Gasteiger partial charge in [0.1, 0.15) is 5.75 Å². The van der Waals surface area contributed by atoms with E-state index < -0.39 is 0 Å². The fraction of sp³-hybridized carbons (Fsp3) is 0.538. The lowest BCUT2D eigenvalue weighted by Gasteiger charge is -2.08. The van der Waals surface area contributed by atoms with Gasteiger partial charge in [-0.2, -0.15) is 0 Å². The lowest BCUT2D eigenvalue weighted by atomic mass is 10.1. The number of nitrogens with one attached hydrogen (secondary N) is 1. The summed E-state index contributed by atoms with van der Waals surface area (Å²) in [4.78, 5) is 15.5. The Hall–Kier alpha value is -1.62. The molecule has 5 heteroatoms. The second kappa shape index (κ2) is 7.66. The van der Waals surface area contributed by atoms with Crippen molar-refractivity contribution in [3.63, 3.8) is 0 Å². The topological polar surface area (TPSA) is 77.2 Å². The fourth-order valence-corrected chi connectivity index (χ4v) is 1.32. The molecule has 1 aromatic rings. The van der Waals surface area contributed by atoms with E-state index in [2.05, 4.69) is 24.1 Å². The van der Waals surface area contributed by atoms with E-state index in [0.717, 1.165) is 12.1 Å². The Bertz CT molecular complexity index is 363. The number of carbonyl (C=O) groups is 1. The summed E-state index contributed by atoms with van der Waals surface area (Å²) in [5.41, 5.74) is 6.23. The largest absolute Gasteiger partial charge is 0.482 e. The van der Waals surface area contributed by atoms with Gasteiger partial charge in [-0.25, -0.2) is 0 Å². The molecule has 5 nitrogen and oxygen atoms in total. The third kappa shape index (κ3) is 5.63. The minimum absolute atomic E-state index is 0.0156. The van der Waals surface area contributed by atoms with Crippen LogP contribution in [0.5, 0.6) is 5.75 Å². The zero-order valence-corrected chi connectivity index (χ0v) is 11.0. The van der Waals surface area contributed by atoms with E-state index in [-0.39, 0.29) is 12.5 Å². The van der Waals surface area contributed by atoms with Gasteiger partial charge in [0, 0.05) is 13.1 Å². The van der Waals surface area contributed by atoms with Gasteiger partial charge in [-0.1, -0.05) is 13.8 Å². The fourth-order valence-electron chi connectivity index (χ4n) is 1.32. The van der Waals surface area contributed by atoms with Crippen molar-refractivity contribution < 1.29 is 9.53 Å². The molecule has 1 heterocycles. The minimum atomic E-state index is -0.112. The number of ether oxygens (including phenoxy) is 1. The molecule has 0 fully saturated rings. The lowest BCUT2D eigenvalue weighted by Crippen LogP contribution is -2.30. The van der Waals surface area contributed by atoms with Crippen LogP contribution in [-0.4, -0.2) is 24.0 Å². The van der Waals surface area contributed by atoms with Gasteiger partial charge in [-0.15, -0.1) is 0 Å². The van der Waals surface area contributed by atoms with E-state index in [1.165, 1.54) is 0 Å². The normalized spacial score (nSPS) is 10.4. The number of rotatable bonds is 7. The Kier molecular flexibility index (Phi) is 6.14. The SMILES string of the molecule is CC(C)CCNC(=O)COc1ccc(CN)nc1. The molecule has 0 saturated heterocycles. The maximum atomic E-state index is 11.4. The Balaban J connectivity index is 2.24. The van der Waals surface area contributed by atoms with Crippen molar-refractivity contribution in [3.05, 3.63) is 24.0 Å². The van der Waals surface area contributed by atoms with Crippen molar-refractivity contribution in [2.45, 2.75) is 26.8 Å². The highest BCUT2D eigenvalue weighted by Gasteiger charge is 2.03. The van der Waals surface area contributed by atoms with Crippen LogP contribution in [0.2, 0.25) is 0 Å². The van der Waals surface area contributed by atoms with Crippen LogP contribution < -0.4 is 15.8 Å². The smallest absolute Gasteiger partial charge is 0.257 e. The summed E-state index contributed by atoms with van der Waals surface area (Å²) >= 11 is 0. The van der Waals surface area contributed by atoms with Crippen LogP contribution >= 0.6 is 0 Å². The summed E-state index contributed by atoms with van der Waals surface area (Å²) in [5, 5.41) is 2.80. The molecule has 1 rings (SSSR count). The summed E-state index contributed by atoms with van der Waals surface area (Å²) in [7, 11) is 0. The Morgan fingerprint density at radius 3 is 2.83 bits per heavy atom. The highest BCUT2D eigenvalue weighted by Crippen LogP contribution is 2.08. The number of carbonyl (C=O) groups excluding carboxylic acids is 1. The zero-order valence-electron chi connectivity index (χ0n) is 11.0. The number of aromatic nitrogens is 1. The number of hydrogen-bond donors (Lipinski definition) is 2. The van der Waals surface area contributed by atoms with Crippen LogP contribution in [0.1, 0.15) is 26.0 Å². The molecule has 0 aliphatic carbocycles. The van der Waals surface area contributed by atoms with Gasteiger partial charge in [0.05, 0.1) is 11.9 Å². The van der Waals surface area contributed by atoms with E-state index in [4.69, 9.17) is 10.5 Å². The Labute approximate surface area is 108 Å². The average molecular weight is 251 g/mol. The molecule has 0 aliphatic heterocycles.